The van der Waals surface area contributed by atoms with Crippen molar-refractivity contribution in [1.82, 2.24) is 4.98 Å². The van der Waals surface area contributed by atoms with Gasteiger partial charge in [-0.2, -0.15) is 0 Å². The molecule has 0 saturated carbocycles. The van der Waals surface area contributed by atoms with Crippen molar-refractivity contribution in [2.24, 2.45) is 0 Å². The summed E-state index contributed by atoms with van der Waals surface area (Å²) in [5, 5.41) is 13.9. The van der Waals surface area contributed by atoms with E-state index in [1.165, 1.54) is 98.4 Å². The monoisotopic (exact) mass is 697 g/mol. The number of aromatic nitrogens is 1. The maximum absolute atomic E-state index is 4.76. The molecule has 0 radical (unpaired) electrons. The Labute approximate surface area is 319 Å². The fourth-order valence-electron chi connectivity index (χ4n) is 8.95. The normalized spacial score (nSPS) is 11.7. The van der Waals surface area contributed by atoms with Crippen LogP contribution in [0.2, 0.25) is 0 Å². The predicted octanol–water partition coefficient (Wildman–Crippen LogP) is 15.0. The van der Waals surface area contributed by atoms with Crippen molar-refractivity contribution in [3.8, 4) is 44.5 Å². The molecule has 1 heteroatoms. The van der Waals surface area contributed by atoms with E-state index in [9.17, 15) is 0 Å². The Hall–Kier alpha value is -7.09. The third kappa shape index (κ3) is 5.12. The van der Waals surface area contributed by atoms with E-state index in [4.69, 9.17) is 4.98 Å². The lowest BCUT2D eigenvalue weighted by atomic mass is 9.88. The largest absolute Gasteiger partial charge is 0.256 e. The maximum Gasteiger partial charge on any atom is 0.0702 e. The molecule has 0 spiro atoms. The van der Waals surface area contributed by atoms with Crippen LogP contribution in [-0.2, 0) is 0 Å². The zero-order valence-electron chi connectivity index (χ0n) is 30.4. The number of benzene rings is 10. The molecule has 0 unspecified atom stereocenters. The van der Waals surface area contributed by atoms with Gasteiger partial charge in [-0.15, -0.1) is 0 Å². The van der Waals surface area contributed by atoms with Gasteiger partial charge in [0, 0.05) is 17.1 Å². The van der Waals surface area contributed by atoms with Crippen molar-refractivity contribution in [1.29, 1.82) is 0 Å². The average molecular weight is 698 g/mol. The summed E-state index contributed by atoms with van der Waals surface area (Å²) in [6.45, 7) is 2.23. The zero-order valence-corrected chi connectivity index (χ0v) is 30.4. The number of hydrogen-bond acceptors (Lipinski definition) is 1. The highest BCUT2D eigenvalue weighted by Gasteiger charge is 2.15. The number of aryl methyl sites for hydroxylation is 1. The van der Waals surface area contributed by atoms with Gasteiger partial charge in [-0.05, 0) is 123 Å². The quantitative estimate of drug-likeness (QED) is 0.167. The number of para-hydroxylation sites is 1. The first-order valence-electron chi connectivity index (χ1n) is 19.0. The average Bonchev–Trinajstić information content (AvgIpc) is 3.25. The van der Waals surface area contributed by atoms with Gasteiger partial charge in [-0.25, -0.2) is 0 Å². The minimum Gasteiger partial charge on any atom is -0.256 e. The molecule has 0 aliphatic carbocycles. The predicted molar refractivity (Wildman–Crippen MR) is 236 cm³/mol. The number of rotatable bonds is 4. The highest BCUT2D eigenvalue weighted by molar-refractivity contribution is 6.21. The van der Waals surface area contributed by atoms with E-state index in [-0.39, 0.29) is 0 Å². The highest BCUT2D eigenvalue weighted by atomic mass is 14.6. The summed E-state index contributed by atoms with van der Waals surface area (Å²) in [6.07, 6.45) is 2.00. The van der Waals surface area contributed by atoms with Crippen molar-refractivity contribution < 1.29 is 0 Å². The number of nitrogens with zero attached hydrogens (tertiary/aromatic N) is 1. The fourth-order valence-corrected chi connectivity index (χ4v) is 8.95. The SMILES string of the molecule is Cc1cccc2ccc3cccc(-c4cccc5ccc6cc(-c7ccc(-c8ccc(-c9cnc%10ccccc%10c9)c9ccccc89)cc7)ccc6c45)c3c12. The number of pyridine rings is 1. The minimum atomic E-state index is 1.02. The van der Waals surface area contributed by atoms with Gasteiger partial charge in [0.2, 0.25) is 0 Å². The molecule has 0 aliphatic heterocycles. The molecule has 10 aromatic carbocycles. The topological polar surface area (TPSA) is 12.9 Å². The van der Waals surface area contributed by atoms with E-state index in [0.29, 0.717) is 0 Å². The molecular weight excluding hydrogens is 663 g/mol. The van der Waals surface area contributed by atoms with E-state index in [2.05, 4.69) is 189 Å². The molecule has 0 bridgehead atoms. The molecule has 0 amide bonds. The summed E-state index contributed by atoms with van der Waals surface area (Å²) in [5.41, 5.74) is 12.1. The summed E-state index contributed by atoms with van der Waals surface area (Å²) >= 11 is 0. The van der Waals surface area contributed by atoms with E-state index >= 15 is 0 Å². The molecule has 1 aromatic heterocycles. The molecule has 1 heterocycles. The van der Waals surface area contributed by atoms with Gasteiger partial charge in [0.15, 0.2) is 0 Å². The van der Waals surface area contributed by atoms with E-state index in [1.54, 1.807) is 0 Å². The Balaban J connectivity index is 0.991. The second kappa shape index (κ2) is 12.5. The van der Waals surface area contributed by atoms with Crippen LogP contribution < -0.4 is 0 Å². The van der Waals surface area contributed by atoms with Gasteiger partial charge in [0.25, 0.3) is 0 Å². The summed E-state index contributed by atoms with van der Waals surface area (Å²) in [5.74, 6) is 0. The Kier molecular flexibility index (Phi) is 7.15. The van der Waals surface area contributed by atoms with Gasteiger partial charge < -0.3 is 0 Å². The van der Waals surface area contributed by atoms with Crippen LogP contribution in [0.4, 0.5) is 0 Å². The Morgan fingerprint density at radius 3 is 1.62 bits per heavy atom. The Morgan fingerprint density at radius 2 is 0.855 bits per heavy atom. The highest BCUT2D eigenvalue weighted by Crippen LogP contribution is 2.42. The molecular formula is C54H35N. The lowest BCUT2D eigenvalue weighted by molar-refractivity contribution is 1.41. The summed E-state index contributed by atoms with van der Waals surface area (Å²) in [6, 6.07) is 69.0. The van der Waals surface area contributed by atoms with E-state index in [0.717, 1.165) is 16.5 Å². The Bertz CT molecular complexity index is 3320. The first-order valence-corrected chi connectivity index (χ1v) is 19.0. The first-order chi connectivity index (χ1) is 27.2. The van der Waals surface area contributed by atoms with Crippen molar-refractivity contribution in [3.05, 3.63) is 200 Å². The van der Waals surface area contributed by atoms with E-state index in [1.807, 2.05) is 12.3 Å². The molecule has 256 valence electrons. The maximum atomic E-state index is 4.76. The second-order valence-electron chi connectivity index (χ2n) is 14.7. The molecule has 11 aromatic rings. The van der Waals surface area contributed by atoms with Crippen LogP contribution in [0.3, 0.4) is 0 Å². The molecule has 0 N–H and O–H groups in total. The van der Waals surface area contributed by atoms with Crippen LogP contribution in [0, 0.1) is 6.92 Å². The molecule has 11 rings (SSSR count). The van der Waals surface area contributed by atoms with Gasteiger partial charge in [-0.3, -0.25) is 4.98 Å². The van der Waals surface area contributed by atoms with Crippen molar-refractivity contribution in [2.75, 3.05) is 0 Å². The van der Waals surface area contributed by atoms with Crippen LogP contribution >= 0.6 is 0 Å². The van der Waals surface area contributed by atoms with Gasteiger partial charge >= 0.3 is 0 Å². The van der Waals surface area contributed by atoms with Gasteiger partial charge in [-0.1, -0.05) is 170 Å². The standard InChI is InChI=1S/C54H35N/c1-34-9-6-11-37-23-24-39-13-8-17-50(54(39)52(34)37)49-16-7-12-38-25-26-41-31-40(27-28-46(41)53(38)49)35-19-21-36(22-20-35)44-29-30-45(48-15-4-3-14-47(44)48)43-32-42-10-2-5-18-51(42)55-33-43/h2-33H,1H3. The van der Waals surface area contributed by atoms with Crippen molar-refractivity contribution in [2.45, 2.75) is 6.92 Å². The number of hydrogen-bond donors (Lipinski definition) is 0. The van der Waals surface area contributed by atoms with Gasteiger partial charge in [0.1, 0.15) is 0 Å². The first kappa shape index (κ1) is 31.4. The lowest BCUT2D eigenvalue weighted by Gasteiger charge is -2.16. The zero-order chi connectivity index (χ0) is 36.5. The van der Waals surface area contributed by atoms with Gasteiger partial charge in [0.05, 0.1) is 5.52 Å². The van der Waals surface area contributed by atoms with Crippen molar-refractivity contribution in [3.63, 3.8) is 0 Å². The Morgan fingerprint density at radius 1 is 0.309 bits per heavy atom. The number of fused-ring (bicyclic) bond motifs is 8. The smallest absolute Gasteiger partial charge is 0.0702 e. The van der Waals surface area contributed by atoms with Crippen LogP contribution in [0.25, 0.3) is 109 Å². The summed E-state index contributed by atoms with van der Waals surface area (Å²) < 4.78 is 0. The molecule has 0 saturated heterocycles. The van der Waals surface area contributed by atoms with Crippen LogP contribution in [0.15, 0.2) is 194 Å². The fraction of sp³-hybridized carbons (Fsp3) is 0.0185. The van der Waals surface area contributed by atoms with Crippen LogP contribution in [-0.4, -0.2) is 4.98 Å². The van der Waals surface area contributed by atoms with Crippen molar-refractivity contribution >= 4 is 64.8 Å². The van der Waals surface area contributed by atoms with Crippen LogP contribution in [0.5, 0.6) is 0 Å². The third-order valence-electron chi connectivity index (χ3n) is 11.6. The summed E-state index contributed by atoms with van der Waals surface area (Å²) in [4.78, 5) is 4.76. The molecule has 0 fully saturated rings. The summed E-state index contributed by atoms with van der Waals surface area (Å²) in [7, 11) is 0. The van der Waals surface area contributed by atoms with E-state index < -0.39 is 0 Å². The second-order valence-corrected chi connectivity index (χ2v) is 14.7. The molecule has 0 aliphatic rings. The molecule has 1 nitrogen and oxygen atoms in total. The minimum absolute atomic E-state index is 1.02. The molecule has 0 atom stereocenters. The van der Waals surface area contributed by atoms with Crippen LogP contribution in [0.1, 0.15) is 5.56 Å². The third-order valence-corrected chi connectivity index (χ3v) is 11.6. The molecule has 55 heavy (non-hydrogen) atoms. The lowest BCUT2D eigenvalue weighted by Crippen LogP contribution is -1.89.